The summed E-state index contributed by atoms with van der Waals surface area (Å²) in [7, 11) is 1.81. The Bertz CT molecular complexity index is 305. The largest absolute Gasteiger partial charge is 0.339 e. The highest BCUT2D eigenvalue weighted by molar-refractivity contribution is 7.09. The predicted octanol–water partition coefficient (Wildman–Crippen LogP) is 2.32. The summed E-state index contributed by atoms with van der Waals surface area (Å²) in [4.78, 5) is 14.3. The SMILES string of the molecule is C=CC(=O)N(C)C(C)Cc1cccs1. The highest BCUT2D eigenvalue weighted by Gasteiger charge is 2.13. The molecule has 0 saturated carbocycles. The lowest BCUT2D eigenvalue weighted by Gasteiger charge is -2.23. The van der Waals surface area contributed by atoms with Crippen molar-refractivity contribution in [2.75, 3.05) is 7.05 Å². The first-order valence-corrected chi connectivity index (χ1v) is 5.44. The number of likely N-dealkylation sites (N-methyl/N-ethyl adjacent to an activating group) is 1. The Morgan fingerprint density at radius 3 is 3.00 bits per heavy atom. The van der Waals surface area contributed by atoms with Gasteiger partial charge in [-0.2, -0.15) is 0 Å². The van der Waals surface area contributed by atoms with E-state index < -0.39 is 0 Å². The molecule has 1 aromatic rings. The molecule has 0 fully saturated rings. The highest BCUT2D eigenvalue weighted by Crippen LogP contribution is 2.13. The first-order valence-electron chi connectivity index (χ1n) is 4.56. The fourth-order valence-corrected chi connectivity index (χ4v) is 2.04. The van der Waals surface area contributed by atoms with Crippen molar-refractivity contribution in [3.8, 4) is 0 Å². The van der Waals surface area contributed by atoms with Gasteiger partial charge in [-0.1, -0.05) is 12.6 Å². The molecule has 1 rings (SSSR count). The van der Waals surface area contributed by atoms with E-state index in [-0.39, 0.29) is 11.9 Å². The van der Waals surface area contributed by atoms with Gasteiger partial charge in [-0.3, -0.25) is 4.79 Å². The van der Waals surface area contributed by atoms with E-state index in [0.717, 1.165) is 6.42 Å². The van der Waals surface area contributed by atoms with Gasteiger partial charge in [0.25, 0.3) is 0 Å². The van der Waals surface area contributed by atoms with Crippen LogP contribution in [0.1, 0.15) is 11.8 Å². The summed E-state index contributed by atoms with van der Waals surface area (Å²) in [5.41, 5.74) is 0. The maximum absolute atomic E-state index is 11.3. The molecule has 0 aliphatic carbocycles. The molecular formula is C11H15NOS. The van der Waals surface area contributed by atoms with E-state index in [4.69, 9.17) is 0 Å². The number of nitrogens with zero attached hydrogens (tertiary/aromatic N) is 1. The van der Waals surface area contributed by atoms with Crippen molar-refractivity contribution < 1.29 is 4.79 Å². The summed E-state index contributed by atoms with van der Waals surface area (Å²) in [6, 6.07) is 4.34. The van der Waals surface area contributed by atoms with E-state index >= 15 is 0 Å². The van der Waals surface area contributed by atoms with Crippen molar-refractivity contribution in [3.05, 3.63) is 35.0 Å². The molecule has 1 atom stereocenters. The Morgan fingerprint density at radius 1 is 1.79 bits per heavy atom. The van der Waals surface area contributed by atoms with Crippen LogP contribution < -0.4 is 0 Å². The molecule has 14 heavy (non-hydrogen) atoms. The van der Waals surface area contributed by atoms with Gasteiger partial charge in [0.2, 0.25) is 5.91 Å². The van der Waals surface area contributed by atoms with Gasteiger partial charge in [-0.15, -0.1) is 11.3 Å². The van der Waals surface area contributed by atoms with E-state index in [0.29, 0.717) is 0 Å². The maximum Gasteiger partial charge on any atom is 0.245 e. The second kappa shape index (κ2) is 4.96. The summed E-state index contributed by atoms with van der Waals surface area (Å²) in [6.07, 6.45) is 2.26. The van der Waals surface area contributed by atoms with Crippen LogP contribution in [0, 0.1) is 0 Å². The molecular weight excluding hydrogens is 194 g/mol. The van der Waals surface area contributed by atoms with Gasteiger partial charge < -0.3 is 4.90 Å². The van der Waals surface area contributed by atoms with Crippen LogP contribution in [-0.4, -0.2) is 23.9 Å². The van der Waals surface area contributed by atoms with Crippen molar-refractivity contribution >= 4 is 17.2 Å². The van der Waals surface area contributed by atoms with Crippen LogP contribution in [0.25, 0.3) is 0 Å². The average molecular weight is 209 g/mol. The van der Waals surface area contributed by atoms with E-state index in [2.05, 4.69) is 18.0 Å². The minimum absolute atomic E-state index is 0.0194. The topological polar surface area (TPSA) is 20.3 Å². The molecule has 0 radical (unpaired) electrons. The molecule has 0 aliphatic rings. The van der Waals surface area contributed by atoms with Gasteiger partial charge in [-0.25, -0.2) is 0 Å². The van der Waals surface area contributed by atoms with E-state index in [9.17, 15) is 4.79 Å². The Balaban J connectivity index is 2.53. The number of hydrogen-bond donors (Lipinski definition) is 0. The Kier molecular flexibility index (Phi) is 3.89. The normalized spacial score (nSPS) is 12.1. The number of carbonyl (C=O) groups is 1. The fourth-order valence-electron chi connectivity index (χ4n) is 1.22. The van der Waals surface area contributed by atoms with Crippen LogP contribution in [0.5, 0.6) is 0 Å². The van der Waals surface area contributed by atoms with Crippen LogP contribution in [0.2, 0.25) is 0 Å². The average Bonchev–Trinajstić information content (AvgIpc) is 2.68. The molecule has 2 nitrogen and oxygen atoms in total. The molecule has 0 N–H and O–H groups in total. The molecule has 0 bridgehead atoms. The minimum atomic E-state index is -0.0194. The van der Waals surface area contributed by atoms with Crippen molar-refractivity contribution in [2.45, 2.75) is 19.4 Å². The summed E-state index contributed by atoms with van der Waals surface area (Å²) < 4.78 is 0. The second-order valence-electron chi connectivity index (χ2n) is 3.29. The van der Waals surface area contributed by atoms with Gasteiger partial charge in [0, 0.05) is 24.4 Å². The third-order valence-corrected chi connectivity index (χ3v) is 3.16. The van der Waals surface area contributed by atoms with Gasteiger partial charge in [-0.05, 0) is 24.4 Å². The molecule has 0 aromatic carbocycles. The Labute approximate surface area is 88.9 Å². The third-order valence-electron chi connectivity index (χ3n) is 2.26. The zero-order valence-electron chi connectivity index (χ0n) is 8.56. The summed E-state index contributed by atoms with van der Waals surface area (Å²) in [5.74, 6) is -0.0194. The van der Waals surface area contributed by atoms with Gasteiger partial charge in [0.05, 0.1) is 0 Å². The highest BCUT2D eigenvalue weighted by atomic mass is 32.1. The van der Waals surface area contributed by atoms with Gasteiger partial charge in [0.15, 0.2) is 0 Å². The van der Waals surface area contributed by atoms with Crippen molar-refractivity contribution in [1.29, 1.82) is 0 Å². The van der Waals surface area contributed by atoms with Gasteiger partial charge >= 0.3 is 0 Å². The van der Waals surface area contributed by atoms with E-state index in [1.807, 2.05) is 20.0 Å². The summed E-state index contributed by atoms with van der Waals surface area (Å²) in [5, 5.41) is 2.05. The van der Waals surface area contributed by atoms with Crippen molar-refractivity contribution in [3.63, 3.8) is 0 Å². The molecule has 76 valence electrons. The number of hydrogen-bond acceptors (Lipinski definition) is 2. The third kappa shape index (κ3) is 2.70. The number of carbonyl (C=O) groups excluding carboxylic acids is 1. The fraction of sp³-hybridized carbons (Fsp3) is 0.364. The second-order valence-corrected chi connectivity index (χ2v) is 4.32. The van der Waals surface area contributed by atoms with Crippen LogP contribution in [-0.2, 0) is 11.2 Å². The summed E-state index contributed by atoms with van der Waals surface area (Å²) in [6.45, 7) is 5.52. The lowest BCUT2D eigenvalue weighted by molar-refractivity contribution is -0.126. The number of amides is 1. The van der Waals surface area contributed by atoms with Crippen molar-refractivity contribution in [2.24, 2.45) is 0 Å². The zero-order valence-corrected chi connectivity index (χ0v) is 9.38. The molecule has 1 unspecified atom stereocenters. The molecule has 0 spiro atoms. The molecule has 1 heterocycles. The quantitative estimate of drug-likeness (QED) is 0.697. The van der Waals surface area contributed by atoms with Crippen LogP contribution in [0.15, 0.2) is 30.2 Å². The Hall–Kier alpha value is -1.09. The number of rotatable bonds is 4. The zero-order chi connectivity index (χ0) is 10.6. The maximum atomic E-state index is 11.3. The van der Waals surface area contributed by atoms with E-state index in [1.165, 1.54) is 11.0 Å². The standard InChI is InChI=1S/C11H15NOS/c1-4-11(13)12(3)9(2)8-10-6-5-7-14-10/h4-7,9H,1,8H2,2-3H3. The lowest BCUT2D eigenvalue weighted by Crippen LogP contribution is -2.34. The molecule has 0 saturated heterocycles. The number of thiophene rings is 1. The molecule has 1 aromatic heterocycles. The lowest BCUT2D eigenvalue weighted by atomic mass is 10.2. The smallest absolute Gasteiger partial charge is 0.245 e. The van der Waals surface area contributed by atoms with Crippen LogP contribution in [0.4, 0.5) is 0 Å². The van der Waals surface area contributed by atoms with E-state index in [1.54, 1.807) is 16.2 Å². The molecule has 3 heteroatoms. The van der Waals surface area contributed by atoms with Crippen molar-refractivity contribution in [1.82, 2.24) is 4.90 Å². The molecule has 1 amide bonds. The predicted molar refractivity (Wildman–Crippen MR) is 60.5 cm³/mol. The van der Waals surface area contributed by atoms with Gasteiger partial charge in [0.1, 0.15) is 0 Å². The monoisotopic (exact) mass is 209 g/mol. The van der Waals surface area contributed by atoms with Crippen LogP contribution >= 0.6 is 11.3 Å². The first kappa shape index (κ1) is 11.0. The molecule has 0 aliphatic heterocycles. The summed E-state index contributed by atoms with van der Waals surface area (Å²) >= 11 is 1.72. The minimum Gasteiger partial charge on any atom is -0.339 e. The van der Waals surface area contributed by atoms with Crippen LogP contribution in [0.3, 0.4) is 0 Å². The first-order chi connectivity index (χ1) is 6.65. The Morgan fingerprint density at radius 2 is 2.50 bits per heavy atom.